The van der Waals surface area contributed by atoms with Gasteiger partial charge in [-0.3, -0.25) is 4.99 Å². The van der Waals surface area contributed by atoms with E-state index in [1.807, 2.05) is 11.6 Å². The maximum Gasteiger partial charge on any atom is 0.194 e. The molecule has 0 amide bonds. The second kappa shape index (κ2) is 9.86. The van der Waals surface area contributed by atoms with E-state index in [0.29, 0.717) is 13.2 Å². The molecule has 0 saturated carbocycles. The van der Waals surface area contributed by atoms with Crippen molar-refractivity contribution >= 4 is 29.9 Å². The molecule has 2 aromatic rings. The Hall–Kier alpha value is -1.68. The van der Waals surface area contributed by atoms with Crippen molar-refractivity contribution < 1.29 is 4.74 Å². The Morgan fingerprint density at radius 3 is 2.92 bits per heavy atom. The predicted octanol–water partition coefficient (Wildman–Crippen LogP) is 2.37. The zero-order valence-corrected chi connectivity index (χ0v) is 17.9. The molecule has 7 nitrogen and oxygen atoms in total. The third kappa shape index (κ3) is 4.73. The molecule has 1 aliphatic rings. The van der Waals surface area contributed by atoms with Crippen LogP contribution >= 0.6 is 24.0 Å². The van der Waals surface area contributed by atoms with Gasteiger partial charge in [-0.15, -0.1) is 34.2 Å². The molecule has 1 unspecified atom stereocenters. The summed E-state index contributed by atoms with van der Waals surface area (Å²) in [6.07, 6.45) is 1.82. The highest BCUT2D eigenvalue weighted by atomic mass is 127. The third-order valence-corrected chi connectivity index (χ3v) is 4.55. The number of hydrogen-bond acceptors (Lipinski definition) is 4. The summed E-state index contributed by atoms with van der Waals surface area (Å²) in [5, 5.41) is 11.5. The maximum absolute atomic E-state index is 6.01. The molecule has 142 valence electrons. The number of rotatable bonds is 4. The van der Waals surface area contributed by atoms with E-state index in [9.17, 15) is 0 Å². The van der Waals surface area contributed by atoms with E-state index in [0.717, 1.165) is 31.4 Å². The zero-order chi connectivity index (χ0) is 17.6. The Balaban J connectivity index is 0.00000243. The van der Waals surface area contributed by atoms with Gasteiger partial charge in [0.05, 0.1) is 19.7 Å². The van der Waals surface area contributed by atoms with E-state index in [4.69, 9.17) is 4.74 Å². The van der Waals surface area contributed by atoms with Crippen LogP contribution < -0.4 is 5.32 Å². The van der Waals surface area contributed by atoms with Crippen LogP contribution in [0.3, 0.4) is 0 Å². The van der Waals surface area contributed by atoms with Crippen molar-refractivity contribution in [1.29, 1.82) is 0 Å². The van der Waals surface area contributed by atoms with E-state index in [1.165, 1.54) is 11.1 Å². The van der Waals surface area contributed by atoms with Crippen molar-refractivity contribution in [2.75, 3.05) is 26.7 Å². The second-order valence-electron chi connectivity index (χ2n) is 6.10. The van der Waals surface area contributed by atoms with E-state index in [-0.39, 0.29) is 30.1 Å². The third-order valence-electron chi connectivity index (χ3n) is 4.55. The lowest BCUT2D eigenvalue weighted by molar-refractivity contribution is -0.00835. The number of morpholine rings is 1. The number of nitrogens with one attached hydrogen (secondary N) is 1. The molecule has 26 heavy (non-hydrogen) atoms. The van der Waals surface area contributed by atoms with Gasteiger partial charge in [-0.05, 0) is 25.0 Å². The summed E-state index contributed by atoms with van der Waals surface area (Å²) in [5.74, 6) is 1.78. The standard InChI is InChI=1S/C18H26N6O.HI/c1-4-23-13-21-22-17(23)11-20-18(19-3)24-9-10-25-16(12-24)15-8-6-5-7-14(15)2;/h5-8,13,16H,4,9-12H2,1-3H3,(H,19,20);1H. The Bertz CT molecular complexity index is 732. The molecule has 1 atom stereocenters. The number of aryl methyl sites for hydroxylation is 2. The van der Waals surface area contributed by atoms with Crippen LogP contribution in [0.25, 0.3) is 0 Å². The summed E-state index contributed by atoms with van der Waals surface area (Å²) in [4.78, 5) is 6.68. The highest BCUT2D eigenvalue weighted by Gasteiger charge is 2.25. The van der Waals surface area contributed by atoms with Gasteiger partial charge in [0.15, 0.2) is 11.8 Å². The van der Waals surface area contributed by atoms with E-state index in [2.05, 4.69) is 63.5 Å². The number of aliphatic imine (C=N–C) groups is 1. The lowest BCUT2D eigenvalue weighted by atomic mass is 10.0. The Labute approximate surface area is 171 Å². The van der Waals surface area contributed by atoms with E-state index >= 15 is 0 Å². The van der Waals surface area contributed by atoms with Gasteiger partial charge in [-0.1, -0.05) is 24.3 Å². The van der Waals surface area contributed by atoms with Crippen LogP contribution in [0.5, 0.6) is 0 Å². The quantitative estimate of drug-likeness (QED) is 0.422. The summed E-state index contributed by atoms with van der Waals surface area (Å²) in [7, 11) is 1.81. The number of aromatic nitrogens is 3. The molecule has 0 spiro atoms. The number of nitrogens with zero attached hydrogens (tertiary/aromatic N) is 5. The Kier molecular flexibility index (Phi) is 7.83. The van der Waals surface area contributed by atoms with Gasteiger partial charge >= 0.3 is 0 Å². The first-order valence-electron chi connectivity index (χ1n) is 8.72. The first kappa shape index (κ1) is 20.6. The molecule has 0 radical (unpaired) electrons. The van der Waals surface area contributed by atoms with Crippen LogP contribution in [-0.4, -0.2) is 52.4 Å². The summed E-state index contributed by atoms with van der Waals surface area (Å²) < 4.78 is 8.03. The van der Waals surface area contributed by atoms with Crippen LogP contribution in [0.2, 0.25) is 0 Å². The van der Waals surface area contributed by atoms with Crippen molar-refractivity contribution in [3.63, 3.8) is 0 Å². The van der Waals surface area contributed by atoms with Gasteiger partial charge in [0.25, 0.3) is 0 Å². The maximum atomic E-state index is 6.01. The first-order chi connectivity index (χ1) is 12.2. The molecule has 1 aromatic heterocycles. The molecule has 1 aliphatic heterocycles. The van der Waals surface area contributed by atoms with Crippen molar-refractivity contribution in [2.45, 2.75) is 33.0 Å². The Morgan fingerprint density at radius 2 is 2.19 bits per heavy atom. The summed E-state index contributed by atoms with van der Waals surface area (Å²) in [5.41, 5.74) is 2.50. The minimum Gasteiger partial charge on any atom is -0.370 e. The fraction of sp³-hybridized carbons (Fsp3) is 0.500. The topological polar surface area (TPSA) is 67.6 Å². The number of benzene rings is 1. The van der Waals surface area contributed by atoms with E-state index in [1.54, 1.807) is 6.33 Å². The van der Waals surface area contributed by atoms with Gasteiger partial charge in [-0.25, -0.2) is 0 Å². The molecule has 0 bridgehead atoms. The van der Waals surface area contributed by atoms with Crippen molar-refractivity contribution in [3.05, 3.63) is 47.5 Å². The van der Waals surface area contributed by atoms with Crippen molar-refractivity contribution in [1.82, 2.24) is 25.0 Å². The molecule has 1 aromatic carbocycles. The Morgan fingerprint density at radius 1 is 1.38 bits per heavy atom. The molecule has 0 aliphatic carbocycles. The fourth-order valence-electron chi connectivity index (χ4n) is 3.15. The number of halogens is 1. The lowest BCUT2D eigenvalue weighted by Crippen LogP contribution is -2.48. The van der Waals surface area contributed by atoms with Crippen molar-refractivity contribution in [3.8, 4) is 0 Å². The minimum atomic E-state index is 0. The first-order valence-corrected chi connectivity index (χ1v) is 8.72. The average Bonchev–Trinajstić information content (AvgIpc) is 3.10. The van der Waals surface area contributed by atoms with E-state index < -0.39 is 0 Å². The largest absolute Gasteiger partial charge is 0.370 e. The SMILES string of the molecule is CCn1cnnc1CNC(=NC)N1CCOC(c2ccccc2C)C1.I. The molecular formula is C18H27IN6O. The van der Waals surface area contributed by atoms with Crippen molar-refractivity contribution in [2.24, 2.45) is 4.99 Å². The van der Waals surface area contributed by atoms with Crippen LogP contribution in [0.15, 0.2) is 35.6 Å². The van der Waals surface area contributed by atoms with Crippen LogP contribution in [-0.2, 0) is 17.8 Å². The van der Waals surface area contributed by atoms with Gasteiger partial charge < -0.3 is 19.5 Å². The monoisotopic (exact) mass is 470 g/mol. The van der Waals surface area contributed by atoms with Gasteiger partial charge in [-0.2, -0.15) is 0 Å². The highest BCUT2D eigenvalue weighted by molar-refractivity contribution is 14.0. The number of hydrogen-bond donors (Lipinski definition) is 1. The van der Waals surface area contributed by atoms with Gasteiger partial charge in [0.2, 0.25) is 0 Å². The second-order valence-corrected chi connectivity index (χ2v) is 6.10. The normalized spacial score (nSPS) is 17.7. The summed E-state index contributed by atoms with van der Waals surface area (Å²) >= 11 is 0. The summed E-state index contributed by atoms with van der Waals surface area (Å²) in [6, 6.07) is 8.39. The highest BCUT2D eigenvalue weighted by Crippen LogP contribution is 2.24. The molecule has 8 heteroatoms. The van der Waals surface area contributed by atoms with Gasteiger partial charge in [0, 0.05) is 20.1 Å². The van der Waals surface area contributed by atoms with Crippen LogP contribution in [0.4, 0.5) is 0 Å². The molecule has 2 heterocycles. The molecule has 1 saturated heterocycles. The van der Waals surface area contributed by atoms with Gasteiger partial charge in [0.1, 0.15) is 12.4 Å². The molecule has 3 rings (SSSR count). The molecule has 1 fully saturated rings. The average molecular weight is 470 g/mol. The molecular weight excluding hydrogens is 443 g/mol. The fourth-order valence-corrected chi connectivity index (χ4v) is 3.15. The molecule has 1 N–H and O–H groups in total. The zero-order valence-electron chi connectivity index (χ0n) is 15.6. The number of guanidine groups is 1. The predicted molar refractivity (Wildman–Crippen MR) is 113 cm³/mol. The van der Waals surface area contributed by atoms with Crippen LogP contribution in [0, 0.1) is 6.92 Å². The number of ether oxygens (including phenoxy) is 1. The minimum absolute atomic E-state index is 0. The smallest absolute Gasteiger partial charge is 0.194 e. The summed E-state index contributed by atoms with van der Waals surface area (Å²) in [6.45, 7) is 7.96. The van der Waals surface area contributed by atoms with Crippen LogP contribution in [0.1, 0.15) is 30.0 Å². The lowest BCUT2D eigenvalue weighted by Gasteiger charge is -2.35.